The van der Waals surface area contributed by atoms with Crippen LogP contribution in [0.1, 0.15) is 50.4 Å². The van der Waals surface area contributed by atoms with Gasteiger partial charge in [-0.1, -0.05) is 29.8 Å². The van der Waals surface area contributed by atoms with E-state index in [0.717, 1.165) is 40.8 Å². The molecule has 36 heavy (non-hydrogen) atoms. The van der Waals surface area contributed by atoms with Crippen molar-refractivity contribution < 1.29 is 14.3 Å². The first-order valence-electron chi connectivity index (χ1n) is 12.5. The third-order valence-corrected chi connectivity index (χ3v) is 7.32. The summed E-state index contributed by atoms with van der Waals surface area (Å²) < 4.78 is 7.07. The maximum Gasteiger partial charge on any atom is 0.274 e. The molecular weight excluding hydrogens is 452 g/mol. The monoisotopic (exact) mass is 488 g/mol. The second-order valence-electron chi connectivity index (χ2n) is 9.86. The number of piperidine rings is 1. The van der Waals surface area contributed by atoms with Crippen LogP contribution < -0.4 is 4.74 Å². The highest BCUT2D eigenvalue weighted by Crippen LogP contribution is 2.29. The summed E-state index contributed by atoms with van der Waals surface area (Å²) in [6.45, 7) is 5.36. The standard InChI is InChI=1S/C29H36N4O3/c1-20-9-10-21(2)25(17-20)28(34)33-15-11-23(12-16-33)27(19-22-7-6-8-24(18-22)36-5)32(4)29(35)26-13-14-31(3)30-26/h6-10,13-14,17-18,23,27H,11-12,15-16,19H2,1-5H3. The average Bonchev–Trinajstić information content (AvgIpc) is 3.34. The molecule has 1 aliphatic rings. The van der Waals surface area contributed by atoms with Crippen molar-refractivity contribution >= 4 is 11.8 Å². The Kier molecular flexibility index (Phi) is 7.77. The van der Waals surface area contributed by atoms with Gasteiger partial charge in [0.05, 0.1) is 7.11 Å². The fourth-order valence-electron chi connectivity index (χ4n) is 5.15. The van der Waals surface area contributed by atoms with Crippen molar-refractivity contribution in [3.63, 3.8) is 0 Å². The number of rotatable bonds is 7. The molecule has 2 amide bonds. The summed E-state index contributed by atoms with van der Waals surface area (Å²) in [4.78, 5) is 30.4. The van der Waals surface area contributed by atoms with E-state index in [1.807, 2.05) is 74.1 Å². The molecule has 1 aliphatic heterocycles. The lowest BCUT2D eigenvalue weighted by Crippen LogP contribution is -2.48. The Hall–Kier alpha value is -3.61. The van der Waals surface area contributed by atoms with Gasteiger partial charge in [-0.15, -0.1) is 0 Å². The average molecular weight is 489 g/mol. The smallest absolute Gasteiger partial charge is 0.274 e. The van der Waals surface area contributed by atoms with E-state index < -0.39 is 0 Å². The number of carbonyl (C=O) groups excluding carboxylic acids is 2. The molecule has 7 heteroatoms. The van der Waals surface area contributed by atoms with E-state index >= 15 is 0 Å². The Bertz CT molecular complexity index is 1230. The molecule has 0 spiro atoms. The molecule has 2 heterocycles. The summed E-state index contributed by atoms with van der Waals surface area (Å²) in [7, 11) is 5.35. The Morgan fingerprint density at radius 1 is 1.11 bits per heavy atom. The molecule has 1 atom stereocenters. The molecule has 4 rings (SSSR count). The summed E-state index contributed by atoms with van der Waals surface area (Å²) >= 11 is 0. The fourth-order valence-corrected chi connectivity index (χ4v) is 5.15. The second kappa shape index (κ2) is 11.0. The topological polar surface area (TPSA) is 67.7 Å². The second-order valence-corrected chi connectivity index (χ2v) is 9.86. The quantitative estimate of drug-likeness (QED) is 0.498. The van der Waals surface area contributed by atoms with Crippen molar-refractivity contribution in [1.82, 2.24) is 19.6 Å². The van der Waals surface area contributed by atoms with Gasteiger partial charge in [-0.05, 0) is 74.4 Å². The molecule has 7 nitrogen and oxygen atoms in total. The number of hydrogen-bond donors (Lipinski definition) is 0. The molecule has 0 aliphatic carbocycles. The molecule has 190 valence electrons. The predicted octanol–water partition coefficient (Wildman–Crippen LogP) is 4.28. The van der Waals surface area contributed by atoms with E-state index in [4.69, 9.17) is 4.74 Å². The summed E-state index contributed by atoms with van der Waals surface area (Å²) in [5, 5.41) is 4.33. The number of carbonyl (C=O) groups is 2. The zero-order chi connectivity index (χ0) is 25.8. The highest BCUT2D eigenvalue weighted by Gasteiger charge is 2.34. The minimum absolute atomic E-state index is 0.0235. The molecule has 1 fully saturated rings. The van der Waals surface area contributed by atoms with E-state index in [2.05, 4.69) is 11.2 Å². The third kappa shape index (κ3) is 5.61. The lowest BCUT2D eigenvalue weighted by atomic mass is 9.84. The fraction of sp³-hybridized carbons (Fsp3) is 0.414. The zero-order valence-corrected chi connectivity index (χ0v) is 21.9. The van der Waals surface area contributed by atoms with Gasteiger partial charge in [0, 0.05) is 45.0 Å². The van der Waals surface area contributed by atoms with Crippen molar-refractivity contribution in [3.05, 3.63) is 82.7 Å². The van der Waals surface area contributed by atoms with Crippen LogP contribution in [0.25, 0.3) is 0 Å². The first-order valence-corrected chi connectivity index (χ1v) is 12.5. The van der Waals surface area contributed by atoms with Crippen LogP contribution in [0.4, 0.5) is 0 Å². The van der Waals surface area contributed by atoms with Gasteiger partial charge in [-0.3, -0.25) is 14.3 Å². The molecule has 0 radical (unpaired) electrons. The molecule has 3 aromatic rings. The maximum atomic E-state index is 13.3. The normalized spacial score (nSPS) is 15.0. The minimum atomic E-state index is -0.0858. The zero-order valence-electron chi connectivity index (χ0n) is 21.9. The summed E-state index contributed by atoms with van der Waals surface area (Å²) in [6, 6.07) is 15.8. The summed E-state index contributed by atoms with van der Waals surface area (Å²) in [5.74, 6) is 1.07. The Morgan fingerprint density at radius 2 is 1.86 bits per heavy atom. The van der Waals surface area contributed by atoms with Gasteiger partial charge < -0.3 is 14.5 Å². The van der Waals surface area contributed by atoms with Gasteiger partial charge >= 0.3 is 0 Å². The lowest BCUT2D eigenvalue weighted by Gasteiger charge is -2.40. The van der Waals surface area contributed by atoms with Crippen molar-refractivity contribution in [1.29, 1.82) is 0 Å². The number of aromatic nitrogens is 2. The number of methoxy groups -OCH3 is 1. The molecule has 1 unspecified atom stereocenters. The summed E-state index contributed by atoms with van der Waals surface area (Å²) in [5.41, 5.74) is 4.44. The molecule has 2 aromatic carbocycles. The van der Waals surface area contributed by atoms with Gasteiger partial charge in [0.2, 0.25) is 0 Å². The van der Waals surface area contributed by atoms with Crippen molar-refractivity contribution in [3.8, 4) is 5.75 Å². The molecule has 0 bridgehead atoms. The molecule has 0 N–H and O–H groups in total. The maximum absolute atomic E-state index is 13.3. The van der Waals surface area contributed by atoms with Gasteiger partial charge in [0.15, 0.2) is 0 Å². The first kappa shape index (κ1) is 25.5. The van der Waals surface area contributed by atoms with Gasteiger partial charge in [-0.2, -0.15) is 5.10 Å². The molecule has 0 saturated carbocycles. The lowest BCUT2D eigenvalue weighted by molar-refractivity contribution is 0.0518. The van der Waals surface area contributed by atoms with Gasteiger partial charge in [-0.25, -0.2) is 0 Å². The van der Waals surface area contributed by atoms with Crippen LogP contribution in [0.15, 0.2) is 54.7 Å². The summed E-state index contributed by atoms with van der Waals surface area (Å²) in [6.07, 6.45) is 4.17. The largest absolute Gasteiger partial charge is 0.497 e. The SMILES string of the molecule is COc1cccc(CC(C2CCN(C(=O)c3cc(C)ccc3C)CC2)N(C)C(=O)c2ccn(C)n2)c1. The Labute approximate surface area is 213 Å². The highest BCUT2D eigenvalue weighted by molar-refractivity contribution is 5.96. The number of benzene rings is 2. The third-order valence-electron chi connectivity index (χ3n) is 7.32. The Balaban J connectivity index is 1.53. The van der Waals surface area contributed by atoms with E-state index in [1.54, 1.807) is 24.1 Å². The van der Waals surface area contributed by atoms with Crippen LogP contribution >= 0.6 is 0 Å². The highest BCUT2D eigenvalue weighted by atomic mass is 16.5. The van der Waals surface area contributed by atoms with E-state index in [0.29, 0.717) is 25.2 Å². The van der Waals surface area contributed by atoms with Crippen molar-refractivity contribution in [2.24, 2.45) is 13.0 Å². The van der Waals surface area contributed by atoms with Gasteiger partial charge in [0.1, 0.15) is 11.4 Å². The van der Waals surface area contributed by atoms with Gasteiger partial charge in [0.25, 0.3) is 11.8 Å². The van der Waals surface area contributed by atoms with Crippen LogP contribution in [0, 0.1) is 19.8 Å². The van der Waals surface area contributed by atoms with E-state index in [-0.39, 0.29) is 23.8 Å². The number of ether oxygens (including phenoxy) is 1. The molecule has 1 aromatic heterocycles. The number of amides is 2. The molecule has 1 saturated heterocycles. The Morgan fingerprint density at radius 3 is 2.53 bits per heavy atom. The predicted molar refractivity (Wildman–Crippen MR) is 140 cm³/mol. The minimum Gasteiger partial charge on any atom is -0.497 e. The van der Waals surface area contributed by atoms with Crippen LogP contribution in [-0.2, 0) is 13.5 Å². The number of aryl methyl sites for hydroxylation is 3. The number of nitrogens with zero attached hydrogens (tertiary/aromatic N) is 4. The first-order chi connectivity index (χ1) is 17.3. The van der Waals surface area contributed by atoms with Crippen molar-refractivity contribution in [2.45, 2.75) is 39.2 Å². The van der Waals surface area contributed by atoms with Crippen LogP contribution in [0.2, 0.25) is 0 Å². The van der Waals surface area contributed by atoms with Crippen LogP contribution in [0.3, 0.4) is 0 Å². The van der Waals surface area contributed by atoms with Crippen LogP contribution in [-0.4, -0.2) is 64.7 Å². The number of likely N-dealkylation sites (tertiary alicyclic amines) is 1. The number of hydrogen-bond acceptors (Lipinski definition) is 4. The number of likely N-dealkylation sites (N-methyl/N-ethyl adjacent to an activating group) is 1. The van der Waals surface area contributed by atoms with Crippen LogP contribution in [0.5, 0.6) is 5.75 Å². The molecular formula is C29H36N4O3. The van der Waals surface area contributed by atoms with Crippen molar-refractivity contribution in [2.75, 3.05) is 27.2 Å². The van der Waals surface area contributed by atoms with E-state index in [9.17, 15) is 9.59 Å². The van der Waals surface area contributed by atoms with E-state index in [1.165, 1.54) is 0 Å².